The molecule has 1 aliphatic heterocycles. The summed E-state index contributed by atoms with van der Waals surface area (Å²) in [6.07, 6.45) is 3.32. The summed E-state index contributed by atoms with van der Waals surface area (Å²) in [5, 5.41) is 11.1. The number of likely N-dealkylation sites (tertiary alicyclic amines) is 1. The molecule has 106 valence electrons. The van der Waals surface area contributed by atoms with Crippen LogP contribution in [0.3, 0.4) is 0 Å². The summed E-state index contributed by atoms with van der Waals surface area (Å²) in [5.74, 6) is 0.281. The Morgan fingerprint density at radius 1 is 1.26 bits per heavy atom. The minimum atomic E-state index is -0.663. The number of benzene rings is 1. The molecule has 0 aliphatic carbocycles. The quantitative estimate of drug-likeness (QED) is 0.898. The number of hydrogen-bond acceptors (Lipinski definition) is 2. The van der Waals surface area contributed by atoms with Crippen LogP contribution in [-0.4, -0.2) is 29.1 Å². The lowest BCUT2D eigenvalue weighted by atomic mass is 9.74. The van der Waals surface area contributed by atoms with Crippen LogP contribution >= 0.6 is 0 Å². The molecule has 0 amide bonds. The summed E-state index contributed by atoms with van der Waals surface area (Å²) >= 11 is 0. The Bertz CT molecular complexity index is 392. The summed E-state index contributed by atoms with van der Waals surface area (Å²) in [7, 11) is 0. The van der Waals surface area contributed by atoms with Gasteiger partial charge in [0.05, 0.1) is 5.60 Å². The van der Waals surface area contributed by atoms with Crippen LogP contribution < -0.4 is 0 Å². The predicted octanol–water partition coefficient (Wildman–Crippen LogP) is 3.40. The van der Waals surface area contributed by atoms with E-state index in [-0.39, 0.29) is 5.92 Å². The Hall–Kier alpha value is -0.860. The highest BCUT2D eigenvalue weighted by Gasteiger charge is 2.42. The van der Waals surface area contributed by atoms with Crippen molar-refractivity contribution >= 4 is 0 Å². The van der Waals surface area contributed by atoms with Gasteiger partial charge < -0.3 is 10.0 Å². The van der Waals surface area contributed by atoms with Gasteiger partial charge in [-0.15, -0.1) is 0 Å². The van der Waals surface area contributed by atoms with Crippen LogP contribution in [0.5, 0.6) is 0 Å². The second kappa shape index (κ2) is 6.06. The molecule has 1 aromatic carbocycles. The van der Waals surface area contributed by atoms with Gasteiger partial charge in [0.1, 0.15) is 0 Å². The largest absolute Gasteiger partial charge is 0.385 e. The molecule has 3 atom stereocenters. The highest BCUT2D eigenvalue weighted by Crippen LogP contribution is 2.39. The van der Waals surface area contributed by atoms with Gasteiger partial charge in [-0.05, 0) is 31.9 Å². The van der Waals surface area contributed by atoms with E-state index >= 15 is 0 Å². The monoisotopic (exact) mass is 261 g/mol. The number of piperidine rings is 1. The van der Waals surface area contributed by atoms with Crippen LogP contribution in [0.15, 0.2) is 30.3 Å². The van der Waals surface area contributed by atoms with E-state index in [4.69, 9.17) is 0 Å². The van der Waals surface area contributed by atoms with Gasteiger partial charge in [-0.2, -0.15) is 0 Å². The fourth-order valence-electron chi connectivity index (χ4n) is 3.27. The molecule has 19 heavy (non-hydrogen) atoms. The van der Waals surface area contributed by atoms with Gasteiger partial charge in [-0.1, -0.05) is 50.6 Å². The van der Waals surface area contributed by atoms with E-state index in [1.807, 2.05) is 18.2 Å². The van der Waals surface area contributed by atoms with E-state index < -0.39 is 5.60 Å². The van der Waals surface area contributed by atoms with E-state index in [0.717, 1.165) is 25.1 Å². The van der Waals surface area contributed by atoms with Crippen LogP contribution in [0.1, 0.15) is 45.6 Å². The Balaban J connectivity index is 2.13. The molecule has 0 saturated carbocycles. The maximum absolute atomic E-state index is 11.1. The average Bonchev–Trinajstić information content (AvgIpc) is 2.42. The van der Waals surface area contributed by atoms with E-state index in [9.17, 15) is 5.11 Å². The predicted molar refractivity (Wildman–Crippen MR) is 80.1 cm³/mol. The Morgan fingerprint density at radius 2 is 1.95 bits per heavy atom. The molecule has 1 aliphatic rings. The van der Waals surface area contributed by atoms with E-state index in [2.05, 4.69) is 37.8 Å². The first-order valence-electron chi connectivity index (χ1n) is 7.60. The number of aliphatic hydroxyl groups is 1. The van der Waals surface area contributed by atoms with Crippen molar-refractivity contribution in [2.24, 2.45) is 5.92 Å². The normalized spacial score (nSPS) is 32.4. The highest BCUT2D eigenvalue weighted by molar-refractivity contribution is 5.24. The molecule has 2 rings (SSSR count). The molecule has 1 aromatic rings. The first kappa shape index (κ1) is 14.5. The summed E-state index contributed by atoms with van der Waals surface area (Å²) < 4.78 is 0. The summed E-state index contributed by atoms with van der Waals surface area (Å²) in [4.78, 5) is 2.53. The van der Waals surface area contributed by atoms with Crippen LogP contribution in [-0.2, 0) is 5.60 Å². The van der Waals surface area contributed by atoms with Gasteiger partial charge in [0.25, 0.3) is 0 Å². The lowest BCUT2D eigenvalue weighted by molar-refractivity contribution is -0.0906. The van der Waals surface area contributed by atoms with E-state index in [0.29, 0.717) is 6.04 Å². The Kier molecular flexibility index (Phi) is 4.64. The summed E-state index contributed by atoms with van der Waals surface area (Å²) in [5.41, 5.74) is 0.410. The lowest BCUT2D eigenvalue weighted by Gasteiger charge is -2.47. The van der Waals surface area contributed by atoms with Crippen LogP contribution in [0, 0.1) is 5.92 Å². The second-order valence-electron chi connectivity index (χ2n) is 6.09. The third-order valence-electron chi connectivity index (χ3n) is 4.63. The van der Waals surface area contributed by atoms with Crippen molar-refractivity contribution in [3.05, 3.63) is 35.9 Å². The number of nitrogens with zero attached hydrogens (tertiary/aromatic N) is 1. The molecule has 2 nitrogen and oxygen atoms in total. The maximum atomic E-state index is 11.1. The lowest BCUT2D eigenvalue weighted by Crippen LogP contribution is -2.53. The van der Waals surface area contributed by atoms with E-state index in [1.165, 1.54) is 12.8 Å². The fourth-order valence-corrected chi connectivity index (χ4v) is 3.27. The standard InChI is InChI=1S/C17H27NO/c1-4-5-11-18-13-14(2)17(19,12-15(18)3)16-9-7-6-8-10-16/h6-10,14-15,19H,4-5,11-13H2,1-3H3/t14-,15+,17-/m1/s1. The zero-order valence-electron chi connectivity index (χ0n) is 12.5. The second-order valence-corrected chi connectivity index (χ2v) is 6.09. The van der Waals surface area contributed by atoms with Gasteiger partial charge in [-0.3, -0.25) is 0 Å². The molecule has 1 heterocycles. The van der Waals surface area contributed by atoms with Crippen molar-refractivity contribution in [3.63, 3.8) is 0 Å². The topological polar surface area (TPSA) is 23.5 Å². The summed E-state index contributed by atoms with van der Waals surface area (Å²) in [6.45, 7) is 8.81. The molecular weight excluding hydrogens is 234 g/mol. The SMILES string of the molecule is CCCCN1C[C@@H](C)[C@@](O)(c2ccccc2)C[C@@H]1C. The molecule has 1 N–H and O–H groups in total. The van der Waals surface area contributed by atoms with Crippen molar-refractivity contribution in [2.75, 3.05) is 13.1 Å². The zero-order chi connectivity index (χ0) is 13.9. The van der Waals surface area contributed by atoms with Crippen molar-refractivity contribution in [1.82, 2.24) is 4.90 Å². The summed E-state index contributed by atoms with van der Waals surface area (Å²) in [6, 6.07) is 10.6. The van der Waals surface area contributed by atoms with E-state index in [1.54, 1.807) is 0 Å². The Labute approximate surface area is 117 Å². The van der Waals surface area contributed by atoms with Gasteiger partial charge in [-0.25, -0.2) is 0 Å². The fraction of sp³-hybridized carbons (Fsp3) is 0.647. The van der Waals surface area contributed by atoms with Crippen LogP contribution in [0.2, 0.25) is 0 Å². The smallest absolute Gasteiger partial charge is 0.0948 e. The van der Waals surface area contributed by atoms with Gasteiger partial charge >= 0.3 is 0 Å². The Morgan fingerprint density at radius 3 is 2.58 bits per heavy atom. The molecule has 1 fully saturated rings. The molecule has 0 unspecified atom stereocenters. The van der Waals surface area contributed by atoms with Crippen LogP contribution in [0.4, 0.5) is 0 Å². The maximum Gasteiger partial charge on any atom is 0.0948 e. The number of unbranched alkanes of at least 4 members (excludes halogenated alkanes) is 1. The minimum Gasteiger partial charge on any atom is -0.385 e. The van der Waals surface area contributed by atoms with Crippen LogP contribution in [0.25, 0.3) is 0 Å². The zero-order valence-corrected chi connectivity index (χ0v) is 12.5. The van der Waals surface area contributed by atoms with Gasteiger partial charge in [0.2, 0.25) is 0 Å². The third kappa shape index (κ3) is 3.01. The first-order valence-corrected chi connectivity index (χ1v) is 7.60. The van der Waals surface area contributed by atoms with Crippen molar-refractivity contribution in [3.8, 4) is 0 Å². The van der Waals surface area contributed by atoms with Crippen molar-refractivity contribution in [1.29, 1.82) is 0 Å². The molecule has 1 saturated heterocycles. The average molecular weight is 261 g/mol. The number of rotatable bonds is 4. The van der Waals surface area contributed by atoms with Gasteiger partial charge in [0, 0.05) is 18.5 Å². The third-order valence-corrected chi connectivity index (χ3v) is 4.63. The van der Waals surface area contributed by atoms with Gasteiger partial charge in [0.15, 0.2) is 0 Å². The minimum absolute atomic E-state index is 0.281. The van der Waals surface area contributed by atoms with Crippen molar-refractivity contribution in [2.45, 2.75) is 51.7 Å². The van der Waals surface area contributed by atoms with Crippen molar-refractivity contribution < 1.29 is 5.11 Å². The number of hydrogen-bond donors (Lipinski definition) is 1. The highest BCUT2D eigenvalue weighted by atomic mass is 16.3. The first-order chi connectivity index (χ1) is 9.08. The molecule has 0 aromatic heterocycles. The molecule has 0 spiro atoms. The molecule has 2 heteroatoms. The molecule has 0 radical (unpaired) electrons. The molecule has 0 bridgehead atoms. The molecular formula is C17H27NO.